The Morgan fingerprint density at radius 2 is 2.07 bits per heavy atom. The third kappa shape index (κ3) is 2.06. The Bertz CT molecular complexity index is 320. The van der Waals surface area contributed by atoms with E-state index in [1.807, 2.05) is 0 Å². The summed E-state index contributed by atoms with van der Waals surface area (Å²) in [5, 5.41) is 5.86. The first-order chi connectivity index (χ1) is 6.57. The molecule has 80 valence electrons. The number of hydrogen-bond donors (Lipinski definition) is 2. The van der Waals surface area contributed by atoms with Crippen LogP contribution in [0.4, 0.5) is 0 Å². The topological polar surface area (TPSA) is 75.3 Å². The largest absolute Gasteiger partial charge is 0.351 e. The Morgan fingerprint density at radius 3 is 2.57 bits per heavy atom. The monoisotopic (exact) mass is 218 g/mol. The minimum atomic E-state index is -2.83. The number of rotatable bonds is 2. The Kier molecular flexibility index (Phi) is 2.48. The van der Waals surface area contributed by atoms with E-state index in [1.165, 1.54) is 0 Å². The summed E-state index contributed by atoms with van der Waals surface area (Å²) in [5.41, 5.74) is 0. The first-order valence-corrected chi connectivity index (χ1v) is 6.60. The molecule has 1 atom stereocenters. The van der Waals surface area contributed by atoms with Crippen LogP contribution in [0.1, 0.15) is 6.42 Å². The molecule has 6 heteroatoms. The third-order valence-electron chi connectivity index (χ3n) is 2.69. The molecule has 2 aliphatic rings. The van der Waals surface area contributed by atoms with Crippen LogP contribution in [0, 0.1) is 5.92 Å². The summed E-state index contributed by atoms with van der Waals surface area (Å²) in [6.45, 7) is 1.59. The van der Waals surface area contributed by atoms with Gasteiger partial charge in [0.25, 0.3) is 0 Å². The van der Waals surface area contributed by atoms with Crippen molar-refractivity contribution >= 4 is 15.7 Å². The first kappa shape index (κ1) is 9.92. The van der Waals surface area contributed by atoms with E-state index < -0.39 is 9.84 Å². The lowest BCUT2D eigenvalue weighted by atomic mass is 10.1. The van der Waals surface area contributed by atoms with Crippen molar-refractivity contribution in [1.29, 1.82) is 0 Å². The molecule has 0 saturated carbocycles. The molecule has 0 aromatic carbocycles. The highest BCUT2D eigenvalue weighted by atomic mass is 32.2. The molecule has 2 aliphatic heterocycles. The molecule has 0 radical (unpaired) electrons. The van der Waals surface area contributed by atoms with E-state index >= 15 is 0 Å². The summed E-state index contributed by atoms with van der Waals surface area (Å²) in [7, 11) is -2.83. The van der Waals surface area contributed by atoms with Crippen molar-refractivity contribution in [3.8, 4) is 0 Å². The van der Waals surface area contributed by atoms with E-state index in [2.05, 4.69) is 10.6 Å². The summed E-state index contributed by atoms with van der Waals surface area (Å²) < 4.78 is 21.7. The van der Waals surface area contributed by atoms with E-state index in [0.29, 0.717) is 6.54 Å². The van der Waals surface area contributed by atoms with E-state index in [0.717, 1.165) is 13.0 Å². The van der Waals surface area contributed by atoms with Gasteiger partial charge in [0, 0.05) is 6.54 Å². The van der Waals surface area contributed by atoms with Crippen molar-refractivity contribution in [2.24, 2.45) is 5.92 Å². The van der Waals surface area contributed by atoms with Crippen LogP contribution in [0.3, 0.4) is 0 Å². The Labute approximate surface area is 83.2 Å². The van der Waals surface area contributed by atoms with Gasteiger partial charge in [-0.2, -0.15) is 0 Å². The second-order valence-electron chi connectivity index (χ2n) is 3.97. The fraction of sp³-hybridized carbons (Fsp3) is 0.875. The van der Waals surface area contributed by atoms with Crippen molar-refractivity contribution in [1.82, 2.24) is 10.6 Å². The smallest absolute Gasteiger partial charge is 0.224 e. The summed E-state index contributed by atoms with van der Waals surface area (Å²) in [5.74, 6) is 0.242. The van der Waals surface area contributed by atoms with Crippen LogP contribution in [0.25, 0.3) is 0 Å². The minimum Gasteiger partial charge on any atom is -0.351 e. The SMILES string of the molecule is O=C(NC1CS(=O)(=O)C1)C1CCNC1. The lowest BCUT2D eigenvalue weighted by Gasteiger charge is -2.27. The van der Waals surface area contributed by atoms with Gasteiger partial charge in [-0.25, -0.2) is 8.42 Å². The normalized spacial score (nSPS) is 31.0. The zero-order chi connectivity index (χ0) is 10.2. The predicted molar refractivity (Wildman–Crippen MR) is 51.6 cm³/mol. The molecule has 1 unspecified atom stereocenters. The Balaban J connectivity index is 1.78. The Morgan fingerprint density at radius 1 is 1.36 bits per heavy atom. The van der Waals surface area contributed by atoms with Gasteiger partial charge in [0.05, 0.1) is 23.5 Å². The Hall–Kier alpha value is -0.620. The summed E-state index contributed by atoms with van der Waals surface area (Å²) in [4.78, 5) is 11.5. The van der Waals surface area contributed by atoms with Crippen molar-refractivity contribution in [3.05, 3.63) is 0 Å². The number of hydrogen-bond acceptors (Lipinski definition) is 4. The molecule has 1 amide bonds. The zero-order valence-corrected chi connectivity index (χ0v) is 8.64. The van der Waals surface area contributed by atoms with Crippen LogP contribution in [0.2, 0.25) is 0 Å². The van der Waals surface area contributed by atoms with Crippen molar-refractivity contribution in [2.75, 3.05) is 24.6 Å². The average Bonchev–Trinajstić information content (AvgIpc) is 2.51. The molecule has 5 nitrogen and oxygen atoms in total. The van der Waals surface area contributed by atoms with Gasteiger partial charge in [-0.15, -0.1) is 0 Å². The van der Waals surface area contributed by atoms with Crippen LogP contribution in [0.15, 0.2) is 0 Å². The fourth-order valence-electron chi connectivity index (χ4n) is 1.85. The lowest BCUT2D eigenvalue weighted by Crippen LogP contribution is -2.54. The van der Waals surface area contributed by atoms with Gasteiger partial charge < -0.3 is 10.6 Å². The summed E-state index contributed by atoms with van der Waals surface area (Å²) in [6, 6.07) is -0.145. The molecule has 14 heavy (non-hydrogen) atoms. The molecular weight excluding hydrogens is 204 g/mol. The molecule has 2 fully saturated rings. The molecular formula is C8H14N2O3S. The fourth-order valence-corrected chi connectivity index (χ4v) is 3.14. The standard InChI is InChI=1S/C8H14N2O3S/c11-8(6-1-2-9-3-6)10-7-4-14(12,13)5-7/h6-7,9H,1-5H2,(H,10,11). The number of sulfone groups is 1. The molecule has 0 aromatic heterocycles. The molecule has 0 spiro atoms. The molecule has 2 saturated heterocycles. The van der Waals surface area contributed by atoms with Crippen molar-refractivity contribution in [2.45, 2.75) is 12.5 Å². The number of nitrogens with one attached hydrogen (secondary N) is 2. The van der Waals surface area contributed by atoms with E-state index in [4.69, 9.17) is 0 Å². The van der Waals surface area contributed by atoms with E-state index in [-0.39, 0.29) is 29.4 Å². The van der Waals surface area contributed by atoms with Crippen LogP contribution in [0.5, 0.6) is 0 Å². The van der Waals surface area contributed by atoms with E-state index in [9.17, 15) is 13.2 Å². The lowest BCUT2D eigenvalue weighted by molar-refractivity contribution is -0.124. The minimum absolute atomic E-state index is 0.00472. The van der Waals surface area contributed by atoms with Gasteiger partial charge in [0.15, 0.2) is 9.84 Å². The molecule has 2 heterocycles. The number of carbonyl (C=O) groups excluding carboxylic acids is 1. The maximum Gasteiger partial charge on any atom is 0.224 e. The van der Waals surface area contributed by atoms with Crippen LogP contribution >= 0.6 is 0 Å². The maximum absolute atomic E-state index is 11.5. The van der Waals surface area contributed by atoms with Gasteiger partial charge in [0.1, 0.15) is 0 Å². The van der Waals surface area contributed by atoms with Gasteiger partial charge in [-0.05, 0) is 13.0 Å². The third-order valence-corrected chi connectivity index (χ3v) is 4.51. The molecule has 2 N–H and O–H groups in total. The maximum atomic E-state index is 11.5. The summed E-state index contributed by atoms with van der Waals surface area (Å²) >= 11 is 0. The molecule has 2 rings (SSSR count). The highest BCUT2D eigenvalue weighted by Gasteiger charge is 2.35. The second kappa shape index (κ2) is 3.51. The molecule has 0 bridgehead atoms. The second-order valence-corrected chi connectivity index (χ2v) is 6.13. The van der Waals surface area contributed by atoms with Gasteiger partial charge in [0.2, 0.25) is 5.91 Å². The van der Waals surface area contributed by atoms with Gasteiger partial charge >= 0.3 is 0 Å². The molecule has 0 aromatic rings. The summed E-state index contributed by atoms with van der Waals surface area (Å²) in [6.07, 6.45) is 0.852. The quantitative estimate of drug-likeness (QED) is 0.592. The highest BCUT2D eigenvalue weighted by molar-refractivity contribution is 7.92. The van der Waals surface area contributed by atoms with Crippen LogP contribution in [-0.2, 0) is 14.6 Å². The highest BCUT2D eigenvalue weighted by Crippen LogP contribution is 2.13. The number of carbonyl (C=O) groups is 1. The molecule has 0 aliphatic carbocycles. The van der Waals surface area contributed by atoms with Gasteiger partial charge in [-0.1, -0.05) is 0 Å². The number of amides is 1. The van der Waals surface area contributed by atoms with Crippen molar-refractivity contribution < 1.29 is 13.2 Å². The van der Waals surface area contributed by atoms with E-state index in [1.54, 1.807) is 0 Å². The zero-order valence-electron chi connectivity index (χ0n) is 7.82. The van der Waals surface area contributed by atoms with Crippen LogP contribution < -0.4 is 10.6 Å². The van der Waals surface area contributed by atoms with Crippen molar-refractivity contribution in [3.63, 3.8) is 0 Å². The predicted octanol–water partition coefficient (Wildman–Crippen LogP) is -1.49. The average molecular weight is 218 g/mol. The first-order valence-electron chi connectivity index (χ1n) is 4.78. The van der Waals surface area contributed by atoms with Crippen LogP contribution in [-0.4, -0.2) is 45.0 Å². The van der Waals surface area contributed by atoms with Gasteiger partial charge in [-0.3, -0.25) is 4.79 Å².